The summed E-state index contributed by atoms with van der Waals surface area (Å²) in [5.41, 5.74) is 5.07. The topological polar surface area (TPSA) is 50.9 Å². The summed E-state index contributed by atoms with van der Waals surface area (Å²) in [4.78, 5) is 4.15. The summed E-state index contributed by atoms with van der Waals surface area (Å²) in [6.45, 7) is 0. The van der Waals surface area contributed by atoms with Crippen LogP contribution < -0.4 is 11.3 Å². The van der Waals surface area contributed by atoms with Crippen molar-refractivity contribution in [2.24, 2.45) is 5.84 Å². The number of rotatable bonds is 5. The zero-order valence-electron chi connectivity index (χ0n) is 10.3. The summed E-state index contributed by atoms with van der Waals surface area (Å²) in [6, 6.07) is 9.99. The van der Waals surface area contributed by atoms with E-state index in [4.69, 9.17) is 17.4 Å². The van der Waals surface area contributed by atoms with E-state index in [0.29, 0.717) is 0 Å². The normalized spacial score (nSPS) is 12.4. The number of benzene rings is 1. The fourth-order valence-corrected chi connectivity index (χ4v) is 2.60. The second-order valence-corrected chi connectivity index (χ2v) is 5.70. The van der Waals surface area contributed by atoms with Crippen molar-refractivity contribution in [2.75, 3.05) is 0 Å². The molecule has 0 radical (unpaired) electrons. The van der Waals surface area contributed by atoms with E-state index in [1.54, 1.807) is 6.20 Å². The second kappa shape index (κ2) is 7.01. The first-order chi connectivity index (χ1) is 9.19. The number of nitrogens with zero attached hydrogens (tertiary/aromatic N) is 1. The maximum atomic E-state index is 6.17. The van der Waals surface area contributed by atoms with Crippen LogP contribution in [-0.4, -0.2) is 11.0 Å². The molecule has 2 aromatic rings. The lowest BCUT2D eigenvalue weighted by Gasteiger charge is -2.16. The maximum Gasteiger partial charge on any atom is 0.0438 e. The van der Waals surface area contributed by atoms with Crippen LogP contribution in [0.3, 0.4) is 0 Å². The van der Waals surface area contributed by atoms with E-state index in [1.165, 1.54) is 0 Å². The van der Waals surface area contributed by atoms with Gasteiger partial charge in [-0.15, -0.1) is 0 Å². The minimum atomic E-state index is 0.121. The maximum absolute atomic E-state index is 6.17. The summed E-state index contributed by atoms with van der Waals surface area (Å²) < 4.78 is 0.971. The number of halogens is 2. The van der Waals surface area contributed by atoms with Crippen molar-refractivity contribution in [3.05, 3.63) is 63.3 Å². The number of nitrogens with one attached hydrogen (secondary N) is 1. The van der Waals surface area contributed by atoms with Crippen molar-refractivity contribution in [3.63, 3.8) is 0 Å². The Kier molecular flexibility index (Phi) is 5.34. The molecule has 1 aromatic carbocycles. The smallest absolute Gasteiger partial charge is 0.0438 e. The molecule has 0 saturated carbocycles. The third-order valence-electron chi connectivity index (χ3n) is 2.90. The van der Waals surface area contributed by atoms with Gasteiger partial charge in [-0.3, -0.25) is 16.3 Å². The molecule has 0 spiro atoms. The molecule has 1 aromatic heterocycles. The van der Waals surface area contributed by atoms with Gasteiger partial charge in [0.25, 0.3) is 0 Å². The Labute approximate surface area is 126 Å². The van der Waals surface area contributed by atoms with E-state index in [9.17, 15) is 0 Å². The molecule has 5 heteroatoms. The minimum Gasteiger partial charge on any atom is -0.271 e. The molecule has 0 fully saturated rings. The average molecular weight is 341 g/mol. The van der Waals surface area contributed by atoms with Gasteiger partial charge in [0, 0.05) is 27.9 Å². The van der Waals surface area contributed by atoms with E-state index < -0.39 is 0 Å². The fraction of sp³-hybridized carbons (Fsp3) is 0.214. The standard InChI is InChI=1S/C14H15BrClN3/c15-12-5-10(8-18-9-12)6-13(19-17)7-11-3-1-2-4-14(11)16/h1-5,8-9,13,19H,6-7,17H2. The molecule has 2 rings (SSSR count). The minimum absolute atomic E-state index is 0.121. The van der Waals surface area contributed by atoms with E-state index in [2.05, 4.69) is 26.3 Å². The summed E-state index contributed by atoms with van der Waals surface area (Å²) in [5, 5.41) is 0.773. The highest BCUT2D eigenvalue weighted by molar-refractivity contribution is 9.10. The van der Waals surface area contributed by atoms with E-state index in [-0.39, 0.29) is 6.04 Å². The van der Waals surface area contributed by atoms with Crippen LogP contribution in [0.15, 0.2) is 47.2 Å². The molecule has 3 N–H and O–H groups in total. The van der Waals surface area contributed by atoms with E-state index >= 15 is 0 Å². The van der Waals surface area contributed by atoms with Gasteiger partial charge >= 0.3 is 0 Å². The Bertz CT molecular complexity index is 548. The summed E-state index contributed by atoms with van der Waals surface area (Å²) >= 11 is 9.58. The lowest BCUT2D eigenvalue weighted by atomic mass is 10.0. The molecule has 1 atom stereocenters. The molecule has 19 heavy (non-hydrogen) atoms. The van der Waals surface area contributed by atoms with Crippen LogP contribution in [0.1, 0.15) is 11.1 Å². The molecule has 0 amide bonds. The van der Waals surface area contributed by atoms with Crippen LogP contribution >= 0.6 is 27.5 Å². The molecule has 0 bridgehead atoms. The van der Waals surface area contributed by atoms with Crippen molar-refractivity contribution >= 4 is 27.5 Å². The SMILES string of the molecule is NNC(Cc1cncc(Br)c1)Cc1ccccc1Cl. The van der Waals surface area contributed by atoms with Gasteiger partial charge in [0.2, 0.25) is 0 Å². The molecular weight excluding hydrogens is 326 g/mol. The van der Waals surface area contributed by atoms with Crippen molar-refractivity contribution in [1.82, 2.24) is 10.4 Å². The predicted molar refractivity (Wildman–Crippen MR) is 81.9 cm³/mol. The van der Waals surface area contributed by atoms with E-state index in [0.717, 1.165) is 33.5 Å². The third-order valence-corrected chi connectivity index (χ3v) is 3.71. The van der Waals surface area contributed by atoms with Gasteiger partial charge in [0.05, 0.1) is 0 Å². The van der Waals surface area contributed by atoms with Crippen LogP contribution in [0, 0.1) is 0 Å². The Balaban J connectivity index is 2.07. The molecule has 0 aliphatic rings. The van der Waals surface area contributed by atoms with Gasteiger partial charge in [-0.25, -0.2) is 0 Å². The number of nitrogens with two attached hydrogens (primary N) is 1. The zero-order chi connectivity index (χ0) is 13.7. The van der Waals surface area contributed by atoms with Gasteiger partial charge in [0.1, 0.15) is 0 Å². The average Bonchev–Trinajstić information content (AvgIpc) is 2.40. The monoisotopic (exact) mass is 339 g/mol. The quantitative estimate of drug-likeness (QED) is 0.649. The number of aromatic nitrogens is 1. The molecule has 3 nitrogen and oxygen atoms in total. The summed E-state index contributed by atoms with van der Waals surface area (Å²) in [5.74, 6) is 5.63. The van der Waals surface area contributed by atoms with Crippen LogP contribution in [-0.2, 0) is 12.8 Å². The molecule has 100 valence electrons. The first-order valence-electron chi connectivity index (χ1n) is 5.98. The molecule has 0 aliphatic heterocycles. The Hall–Kier alpha value is -0.940. The van der Waals surface area contributed by atoms with Crippen LogP contribution in [0.2, 0.25) is 5.02 Å². The Morgan fingerprint density at radius 3 is 2.74 bits per heavy atom. The Morgan fingerprint density at radius 1 is 1.26 bits per heavy atom. The van der Waals surface area contributed by atoms with Gasteiger partial charge in [0.15, 0.2) is 0 Å². The first-order valence-corrected chi connectivity index (χ1v) is 7.15. The molecule has 0 saturated heterocycles. The highest BCUT2D eigenvalue weighted by Crippen LogP contribution is 2.18. The van der Waals surface area contributed by atoms with Crippen LogP contribution in [0.25, 0.3) is 0 Å². The van der Waals surface area contributed by atoms with Gasteiger partial charge in [-0.05, 0) is 52.0 Å². The fourth-order valence-electron chi connectivity index (χ4n) is 1.97. The second-order valence-electron chi connectivity index (χ2n) is 4.37. The number of hydrazine groups is 1. The van der Waals surface area contributed by atoms with Crippen molar-refractivity contribution in [1.29, 1.82) is 0 Å². The first kappa shape index (κ1) is 14.5. The predicted octanol–water partition coefficient (Wildman–Crippen LogP) is 3.11. The highest BCUT2D eigenvalue weighted by Gasteiger charge is 2.11. The van der Waals surface area contributed by atoms with Gasteiger partial charge < -0.3 is 0 Å². The van der Waals surface area contributed by atoms with Crippen LogP contribution in [0.4, 0.5) is 0 Å². The van der Waals surface area contributed by atoms with Crippen molar-refractivity contribution in [2.45, 2.75) is 18.9 Å². The largest absolute Gasteiger partial charge is 0.271 e. The van der Waals surface area contributed by atoms with Crippen molar-refractivity contribution < 1.29 is 0 Å². The number of hydrogen-bond acceptors (Lipinski definition) is 3. The van der Waals surface area contributed by atoms with E-state index in [1.807, 2.05) is 36.5 Å². The number of pyridine rings is 1. The number of hydrogen-bond donors (Lipinski definition) is 2. The highest BCUT2D eigenvalue weighted by atomic mass is 79.9. The van der Waals surface area contributed by atoms with Gasteiger partial charge in [-0.2, -0.15) is 0 Å². The van der Waals surface area contributed by atoms with Gasteiger partial charge in [-0.1, -0.05) is 29.8 Å². The lowest BCUT2D eigenvalue weighted by Crippen LogP contribution is -2.38. The zero-order valence-corrected chi connectivity index (χ0v) is 12.7. The van der Waals surface area contributed by atoms with Crippen LogP contribution in [0.5, 0.6) is 0 Å². The molecular formula is C14H15BrClN3. The molecule has 1 unspecified atom stereocenters. The third kappa shape index (κ3) is 4.28. The Morgan fingerprint density at radius 2 is 2.05 bits per heavy atom. The lowest BCUT2D eigenvalue weighted by molar-refractivity contribution is 0.522. The van der Waals surface area contributed by atoms with Crippen molar-refractivity contribution in [3.8, 4) is 0 Å². The summed E-state index contributed by atoms with van der Waals surface area (Å²) in [7, 11) is 0. The summed E-state index contributed by atoms with van der Waals surface area (Å²) in [6.07, 6.45) is 5.20. The molecule has 1 heterocycles. The molecule has 0 aliphatic carbocycles.